The standard InChI is InChI=1S/C55H35N3O/c1-4-14-36(15-5-1)38-26-30-41(31-27-38)48-35-49(42-32-28-39(29-33-42)37-16-6-2-7-17-37)58-55(57-48)44-21-12-20-43(34-44)53-54-52(46-22-10-11-25-50(46)59-54)51-45(23-13-24-47(51)56-53)40-18-8-3-9-19-40/h1-35H. The average molecular weight is 754 g/mol. The van der Waals surface area contributed by atoms with Crippen LogP contribution < -0.4 is 0 Å². The third-order valence-electron chi connectivity index (χ3n) is 11.1. The third kappa shape index (κ3) is 6.34. The zero-order valence-corrected chi connectivity index (χ0v) is 32.0. The SMILES string of the molecule is c1ccc(-c2ccc(-c3cc(-c4ccc(-c5ccccc5)cc4)nc(-c4cccc(-c5nc6cccc(-c7ccccc7)c6c6c5oc5ccccc56)c4)n3)cc2)cc1. The summed E-state index contributed by atoms with van der Waals surface area (Å²) in [6, 6.07) is 73.7. The van der Waals surface area contributed by atoms with Gasteiger partial charge in [0.1, 0.15) is 11.3 Å². The van der Waals surface area contributed by atoms with E-state index in [1.807, 2.05) is 30.3 Å². The molecule has 4 heteroatoms. The van der Waals surface area contributed by atoms with Gasteiger partial charge in [-0.1, -0.05) is 188 Å². The Balaban J connectivity index is 1.07. The van der Waals surface area contributed by atoms with E-state index >= 15 is 0 Å². The van der Waals surface area contributed by atoms with E-state index in [4.69, 9.17) is 19.4 Å². The van der Waals surface area contributed by atoms with Gasteiger partial charge in [0.2, 0.25) is 0 Å². The molecular weight excluding hydrogens is 719 g/mol. The summed E-state index contributed by atoms with van der Waals surface area (Å²) in [5, 5.41) is 3.20. The average Bonchev–Trinajstić information content (AvgIpc) is 3.72. The molecule has 0 N–H and O–H groups in total. The van der Waals surface area contributed by atoms with Crippen molar-refractivity contribution in [3.63, 3.8) is 0 Å². The quantitative estimate of drug-likeness (QED) is 0.163. The van der Waals surface area contributed by atoms with Gasteiger partial charge in [0.05, 0.1) is 16.9 Å². The lowest BCUT2D eigenvalue weighted by Crippen LogP contribution is -1.97. The predicted octanol–water partition coefficient (Wildman–Crippen LogP) is 14.6. The summed E-state index contributed by atoms with van der Waals surface area (Å²) in [4.78, 5) is 15.8. The normalized spacial score (nSPS) is 11.4. The van der Waals surface area contributed by atoms with Crippen molar-refractivity contribution in [2.24, 2.45) is 0 Å². The zero-order valence-electron chi connectivity index (χ0n) is 32.0. The molecule has 0 aliphatic carbocycles. The molecule has 0 bridgehead atoms. The van der Waals surface area contributed by atoms with Crippen molar-refractivity contribution >= 4 is 32.8 Å². The first-order chi connectivity index (χ1) is 29.2. The fraction of sp³-hybridized carbons (Fsp3) is 0. The van der Waals surface area contributed by atoms with Gasteiger partial charge in [0.25, 0.3) is 0 Å². The Bertz CT molecular complexity index is 3180. The predicted molar refractivity (Wildman–Crippen MR) is 243 cm³/mol. The van der Waals surface area contributed by atoms with Crippen LogP contribution in [0.5, 0.6) is 0 Å². The Kier molecular flexibility index (Phi) is 8.45. The Morgan fingerprint density at radius 2 is 0.814 bits per heavy atom. The first-order valence-electron chi connectivity index (χ1n) is 19.8. The van der Waals surface area contributed by atoms with E-state index in [0.29, 0.717) is 5.82 Å². The molecule has 0 unspecified atom stereocenters. The highest BCUT2D eigenvalue weighted by molar-refractivity contribution is 6.24. The van der Waals surface area contributed by atoms with Gasteiger partial charge in [-0.15, -0.1) is 0 Å². The molecule has 0 saturated carbocycles. The summed E-state index contributed by atoms with van der Waals surface area (Å²) >= 11 is 0. The van der Waals surface area contributed by atoms with Crippen LogP contribution in [-0.2, 0) is 0 Å². The molecular formula is C55H35N3O. The Morgan fingerprint density at radius 3 is 1.44 bits per heavy atom. The van der Waals surface area contributed by atoms with Crippen molar-refractivity contribution in [1.82, 2.24) is 15.0 Å². The van der Waals surface area contributed by atoms with Crippen molar-refractivity contribution in [3.05, 3.63) is 212 Å². The Labute approximate surface area is 341 Å². The molecule has 3 heterocycles. The highest BCUT2D eigenvalue weighted by Crippen LogP contribution is 2.43. The molecule has 11 rings (SSSR count). The van der Waals surface area contributed by atoms with E-state index in [1.54, 1.807) is 0 Å². The maximum absolute atomic E-state index is 6.73. The van der Waals surface area contributed by atoms with Crippen LogP contribution in [0, 0.1) is 0 Å². The fourth-order valence-electron chi connectivity index (χ4n) is 8.19. The van der Waals surface area contributed by atoms with Gasteiger partial charge < -0.3 is 4.42 Å². The summed E-state index contributed by atoms with van der Waals surface area (Å²) in [5.41, 5.74) is 15.7. The smallest absolute Gasteiger partial charge is 0.162 e. The molecule has 0 aliphatic rings. The summed E-state index contributed by atoms with van der Waals surface area (Å²) in [5.74, 6) is 0.631. The van der Waals surface area contributed by atoms with Crippen molar-refractivity contribution in [2.75, 3.05) is 0 Å². The van der Waals surface area contributed by atoms with Crippen LogP contribution in [-0.4, -0.2) is 15.0 Å². The number of benzene rings is 8. The van der Waals surface area contributed by atoms with Crippen LogP contribution in [0.2, 0.25) is 0 Å². The van der Waals surface area contributed by atoms with Crippen molar-refractivity contribution in [1.29, 1.82) is 0 Å². The molecule has 276 valence electrons. The van der Waals surface area contributed by atoms with E-state index in [9.17, 15) is 0 Å². The van der Waals surface area contributed by atoms with Crippen LogP contribution in [0.3, 0.4) is 0 Å². The van der Waals surface area contributed by atoms with Crippen LogP contribution in [0.25, 0.3) is 111 Å². The first-order valence-corrected chi connectivity index (χ1v) is 19.8. The minimum atomic E-state index is 0.631. The summed E-state index contributed by atoms with van der Waals surface area (Å²) in [6.45, 7) is 0. The molecule has 3 aromatic heterocycles. The van der Waals surface area contributed by atoms with E-state index in [2.05, 4.69) is 182 Å². The van der Waals surface area contributed by atoms with Crippen molar-refractivity contribution in [3.8, 4) is 78.5 Å². The number of hydrogen-bond acceptors (Lipinski definition) is 4. The molecule has 0 amide bonds. The van der Waals surface area contributed by atoms with E-state index in [1.165, 1.54) is 11.1 Å². The Morgan fingerprint density at radius 1 is 0.322 bits per heavy atom. The van der Waals surface area contributed by atoms with Crippen LogP contribution >= 0.6 is 0 Å². The number of nitrogens with zero attached hydrogens (tertiary/aromatic N) is 3. The van der Waals surface area contributed by atoms with Gasteiger partial charge in [-0.05, 0) is 57.6 Å². The molecule has 59 heavy (non-hydrogen) atoms. The van der Waals surface area contributed by atoms with E-state index < -0.39 is 0 Å². The van der Waals surface area contributed by atoms with Crippen molar-refractivity contribution in [2.45, 2.75) is 0 Å². The minimum Gasteiger partial charge on any atom is -0.454 e. The van der Waals surface area contributed by atoms with Crippen molar-refractivity contribution < 1.29 is 4.42 Å². The highest BCUT2D eigenvalue weighted by Gasteiger charge is 2.21. The second kappa shape index (κ2) is 14.5. The highest BCUT2D eigenvalue weighted by atomic mass is 16.3. The lowest BCUT2D eigenvalue weighted by molar-refractivity contribution is 0.669. The van der Waals surface area contributed by atoms with Crippen LogP contribution in [0.4, 0.5) is 0 Å². The summed E-state index contributed by atoms with van der Waals surface area (Å²) in [7, 11) is 0. The molecule has 0 atom stereocenters. The van der Waals surface area contributed by atoms with Gasteiger partial charge >= 0.3 is 0 Å². The topological polar surface area (TPSA) is 51.8 Å². The monoisotopic (exact) mass is 753 g/mol. The van der Waals surface area contributed by atoms with Crippen LogP contribution in [0.15, 0.2) is 217 Å². The van der Waals surface area contributed by atoms with Gasteiger partial charge in [-0.2, -0.15) is 0 Å². The zero-order chi connectivity index (χ0) is 39.1. The first kappa shape index (κ1) is 34.3. The molecule has 0 fully saturated rings. The molecule has 0 saturated heterocycles. The fourth-order valence-corrected chi connectivity index (χ4v) is 8.19. The van der Waals surface area contributed by atoms with Gasteiger partial charge in [-0.25, -0.2) is 15.0 Å². The number of rotatable bonds is 7. The third-order valence-corrected chi connectivity index (χ3v) is 11.1. The Hall–Kier alpha value is -7.95. The lowest BCUT2D eigenvalue weighted by Gasteiger charge is -2.13. The molecule has 4 nitrogen and oxygen atoms in total. The molecule has 0 spiro atoms. The number of para-hydroxylation sites is 1. The second-order valence-corrected chi connectivity index (χ2v) is 14.8. The van der Waals surface area contributed by atoms with Crippen LogP contribution in [0.1, 0.15) is 0 Å². The number of furan rings is 1. The molecule has 0 aliphatic heterocycles. The van der Waals surface area contributed by atoms with E-state index in [0.717, 1.165) is 94.4 Å². The van der Waals surface area contributed by atoms with Gasteiger partial charge in [0.15, 0.2) is 11.4 Å². The molecule has 8 aromatic carbocycles. The van der Waals surface area contributed by atoms with Gasteiger partial charge in [-0.3, -0.25) is 0 Å². The lowest BCUT2D eigenvalue weighted by atomic mass is 9.95. The number of pyridine rings is 1. The minimum absolute atomic E-state index is 0.631. The number of aromatic nitrogens is 3. The molecule has 11 aromatic rings. The number of fused-ring (bicyclic) bond motifs is 5. The summed E-state index contributed by atoms with van der Waals surface area (Å²) in [6.07, 6.45) is 0. The maximum Gasteiger partial charge on any atom is 0.162 e. The largest absolute Gasteiger partial charge is 0.454 e. The van der Waals surface area contributed by atoms with E-state index in [-0.39, 0.29) is 0 Å². The van der Waals surface area contributed by atoms with Gasteiger partial charge in [0, 0.05) is 38.4 Å². The second-order valence-electron chi connectivity index (χ2n) is 14.8. The number of hydrogen-bond donors (Lipinski definition) is 0. The summed E-state index contributed by atoms with van der Waals surface area (Å²) < 4.78 is 6.73. The molecule has 0 radical (unpaired) electrons. The maximum atomic E-state index is 6.73.